The number of carbonyl (C=O) groups is 5. The second kappa shape index (κ2) is 9.59. The van der Waals surface area contributed by atoms with Crippen LogP contribution in [0, 0.1) is 0 Å². The zero-order valence-corrected chi connectivity index (χ0v) is 24.3. The van der Waals surface area contributed by atoms with Crippen molar-refractivity contribution in [1.29, 1.82) is 0 Å². The first-order valence-corrected chi connectivity index (χ1v) is 14.8. The van der Waals surface area contributed by atoms with Crippen molar-refractivity contribution in [1.82, 2.24) is 9.80 Å². The Hall–Kier alpha value is -5.83. The average molecular weight is 595 g/mol. The van der Waals surface area contributed by atoms with Crippen molar-refractivity contribution in [2.75, 3.05) is 23.1 Å². The summed E-state index contributed by atoms with van der Waals surface area (Å²) in [6, 6.07) is 29.6. The van der Waals surface area contributed by atoms with Gasteiger partial charge in [0.2, 0.25) is 0 Å². The molecule has 0 aromatic heterocycles. The average Bonchev–Trinajstić information content (AvgIpc) is 3.50. The van der Waals surface area contributed by atoms with Gasteiger partial charge in [-0.15, -0.1) is 0 Å². The van der Waals surface area contributed by atoms with Crippen LogP contribution in [0.5, 0.6) is 0 Å². The molecule has 3 heterocycles. The molecule has 0 N–H and O–H groups in total. The highest BCUT2D eigenvalue weighted by Crippen LogP contribution is 2.42. The van der Waals surface area contributed by atoms with Crippen molar-refractivity contribution in [2.45, 2.75) is 18.8 Å². The van der Waals surface area contributed by atoms with E-state index in [1.165, 1.54) is 9.80 Å². The van der Waals surface area contributed by atoms with Crippen molar-refractivity contribution in [3.63, 3.8) is 0 Å². The highest BCUT2D eigenvalue weighted by Gasteiger charge is 2.58. The second-order valence-corrected chi connectivity index (χ2v) is 11.5. The zero-order valence-electron chi connectivity index (χ0n) is 24.3. The number of carbonyl (C=O) groups excluding carboxylic acids is 5. The lowest BCUT2D eigenvalue weighted by molar-refractivity contribution is -0.152. The van der Waals surface area contributed by atoms with E-state index in [4.69, 9.17) is 0 Å². The van der Waals surface area contributed by atoms with E-state index in [0.717, 1.165) is 31.3 Å². The van der Waals surface area contributed by atoms with Gasteiger partial charge < -0.3 is 0 Å². The van der Waals surface area contributed by atoms with Gasteiger partial charge >= 0.3 is 6.03 Å². The lowest BCUT2D eigenvalue weighted by atomic mass is 9.74. The molecule has 220 valence electrons. The maximum atomic E-state index is 14.5. The van der Waals surface area contributed by atoms with E-state index in [1.807, 2.05) is 36.4 Å². The van der Waals surface area contributed by atoms with Crippen molar-refractivity contribution in [2.24, 2.45) is 0 Å². The van der Waals surface area contributed by atoms with E-state index >= 15 is 0 Å². The molecule has 3 aliphatic heterocycles. The predicted octanol–water partition coefficient (Wildman–Crippen LogP) is 5.67. The normalized spacial score (nSPS) is 17.0. The molecule has 6 amide bonds. The number of benzene rings is 5. The van der Waals surface area contributed by atoms with Crippen molar-refractivity contribution in [3.8, 4) is 0 Å². The molecule has 1 fully saturated rings. The van der Waals surface area contributed by atoms with E-state index < -0.39 is 36.6 Å². The number of nitrogens with zero attached hydrogens (tertiary/aromatic N) is 4. The summed E-state index contributed by atoms with van der Waals surface area (Å²) < 4.78 is 0. The van der Waals surface area contributed by atoms with Crippen molar-refractivity contribution >= 4 is 62.6 Å². The third kappa shape index (κ3) is 3.52. The Labute approximate surface area is 257 Å². The Morgan fingerprint density at radius 2 is 0.956 bits per heavy atom. The number of amides is 6. The van der Waals surface area contributed by atoms with Gasteiger partial charge in [-0.1, -0.05) is 85.8 Å². The lowest BCUT2D eigenvalue weighted by Crippen LogP contribution is -2.69. The summed E-state index contributed by atoms with van der Waals surface area (Å²) >= 11 is 0. The van der Waals surface area contributed by atoms with Crippen molar-refractivity contribution in [3.05, 3.63) is 120 Å². The van der Waals surface area contributed by atoms with Crippen LogP contribution >= 0.6 is 0 Å². The minimum Gasteiger partial charge on any atom is -0.289 e. The van der Waals surface area contributed by atoms with E-state index in [2.05, 4.69) is 0 Å². The maximum absolute atomic E-state index is 14.5. The molecule has 9 heteroatoms. The molecule has 5 aromatic carbocycles. The first kappa shape index (κ1) is 26.8. The molecule has 8 rings (SSSR count). The van der Waals surface area contributed by atoms with Crippen molar-refractivity contribution < 1.29 is 24.0 Å². The van der Waals surface area contributed by atoms with Crippen LogP contribution in [0.4, 0.5) is 16.2 Å². The van der Waals surface area contributed by atoms with Gasteiger partial charge in [-0.3, -0.25) is 29.0 Å². The van der Waals surface area contributed by atoms with Gasteiger partial charge in [0, 0.05) is 21.9 Å². The molecule has 0 bridgehead atoms. The zero-order chi connectivity index (χ0) is 31.0. The molecular formula is C36H26N4O5. The van der Waals surface area contributed by atoms with Gasteiger partial charge in [0.1, 0.15) is 13.3 Å². The molecular weight excluding hydrogens is 568 g/mol. The number of hydrogen-bond donors (Lipinski definition) is 0. The van der Waals surface area contributed by atoms with Crippen LogP contribution in [0.1, 0.15) is 39.6 Å². The van der Waals surface area contributed by atoms with Gasteiger partial charge in [-0.2, -0.15) is 0 Å². The van der Waals surface area contributed by atoms with Gasteiger partial charge in [0.25, 0.3) is 23.6 Å². The molecule has 1 saturated heterocycles. The fourth-order valence-electron chi connectivity index (χ4n) is 7.12. The summed E-state index contributed by atoms with van der Waals surface area (Å²) in [5.74, 6) is -2.11. The Kier molecular flexibility index (Phi) is 5.70. The Morgan fingerprint density at radius 3 is 1.40 bits per heavy atom. The highest BCUT2D eigenvalue weighted by molar-refractivity contribution is 6.28. The number of anilines is 2. The molecule has 0 radical (unpaired) electrons. The number of urea groups is 1. The van der Waals surface area contributed by atoms with E-state index in [1.54, 1.807) is 73.7 Å². The lowest BCUT2D eigenvalue weighted by Gasteiger charge is -2.45. The molecule has 3 aliphatic rings. The summed E-state index contributed by atoms with van der Waals surface area (Å²) in [5, 5.41) is 3.21. The summed E-state index contributed by atoms with van der Waals surface area (Å²) in [5.41, 5.74) is 0.795. The van der Waals surface area contributed by atoms with Gasteiger partial charge in [0.05, 0.1) is 11.4 Å². The monoisotopic (exact) mass is 594 g/mol. The third-order valence-corrected chi connectivity index (χ3v) is 9.34. The molecule has 0 spiro atoms. The fraction of sp³-hybridized carbons (Fsp3) is 0.139. The fourth-order valence-corrected chi connectivity index (χ4v) is 7.12. The molecule has 0 saturated carbocycles. The molecule has 0 atom stereocenters. The first-order valence-electron chi connectivity index (χ1n) is 14.8. The largest absolute Gasteiger partial charge is 0.336 e. The van der Waals surface area contributed by atoms with Crippen LogP contribution in [0.3, 0.4) is 0 Å². The summed E-state index contributed by atoms with van der Waals surface area (Å²) in [4.78, 5) is 75.6. The van der Waals surface area contributed by atoms with Crippen LogP contribution in [0.15, 0.2) is 103 Å². The first-order chi connectivity index (χ1) is 21.9. The van der Waals surface area contributed by atoms with Crippen LogP contribution in [0.25, 0.3) is 21.5 Å². The molecule has 0 unspecified atom stereocenters. The summed E-state index contributed by atoms with van der Waals surface area (Å²) in [6.07, 6.45) is 0.0580. The molecule has 5 aromatic rings. The quantitative estimate of drug-likeness (QED) is 0.236. The number of hydrogen-bond acceptors (Lipinski definition) is 5. The molecule has 45 heavy (non-hydrogen) atoms. The van der Waals surface area contributed by atoms with Crippen LogP contribution < -0.4 is 9.80 Å². The van der Waals surface area contributed by atoms with E-state index in [9.17, 15) is 24.0 Å². The smallest absolute Gasteiger partial charge is 0.289 e. The predicted molar refractivity (Wildman–Crippen MR) is 169 cm³/mol. The second-order valence-electron chi connectivity index (χ2n) is 11.5. The van der Waals surface area contributed by atoms with Gasteiger partial charge in [-0.25, -0.2) is 14.6 Å². The number of barbiturate groups is 1. The minimum atomic E-state index is -1.75. The minimum absolute atomic E-state index is 0.0580. The summed E-state index contributed by atoms with van der Waals surface area (Å²) in [7, 11) is 0. The number of imide groups is 2. The highest BCUT2D eigenvalue weighted by atomic mass is 16.2. The van der Waals surface area contributed by atoms with E-state index in [0.29, 0.717) is 28.1 Å². The van der Waals surface area contributed by atoms with E-state index in [-0.39, 0.29) is 18.2 Å². The maximum Gasteiger partial charge on any atom is 0.336 e. The molecule has 9 nitrogen and oxygen atoms in total. The SMILES string of the molecule is CCC1(c2ccccc2)C(=O)N(CN2C(=O)c3cccc4cccc2c34)C(=O)N(CN2C(=O)c3cccc4cccc2c34)C1=O. The van der Waals surface area contributed by atoms with Crippen LogP contribution in [-0.4, -0.2) is 52.8 Å². The Balaban J connectivity index is 1.24. The van der Waals surface area contributed by atoms with Gasteiger partial charge in [-0.05, 0) is 47.0 Å². The standard InChI is InChI=1S/C36H26N4O5/c1-2-36(24-14-4-3-5-15-24)33(43)39(20-37-27-18-8-12-22-10-6-16-25(29(22)27)31(37)41)35(45)40(34(36)44)21-38-28-19-9-13-23-11-7-17-26(30(23)28)32(38)42/h3-19H,2,20-21H2,1H3. The number of rotatable bonds is 6. The van der Waals surface area contributed by atoms with Crippen LogP contribution in [0.2, 0.25) is 0 Å². The Bertz CT molecular complexity index is 2000. The van der Waals surface area contributed by atoms with Gasteiger partial charge in [0.15, 0.2) is 5.41 Å². The topological polar surface area (TPSA) is 98.3 Å². The molecule has 0 aliphatic carbocycles. The Morgan fingerprint density at radius 1 is 0.511 bits per heavy atom. The van der Waals surface area contributed by atoms with Crippen LogP contribution in [-0.2, 0) is 15.0 Å². The summed E-state index contributed by atoms with van der Waals surface area (Å²) in [6.45, 7) is 0.933. The third-order valence-electron chi connectivity index (χ3n) is 9.34.